The molecule has 1 N–H and O–H groups in total. The Bertz CT molecular complexity index is 677. The van der Waals surface area contributed by atoms with Crippen molar-refractivity contribution >= 4 is 17.5 Å². The Labute approximate surface area is 160 Å². The highest BCUT2D eigenvalue weighted by Gasteiger charge is 2.25. The van der Waals surface area contributed by atoms with Gasteiger partial charge in [-0.25, -0.2) is 0 Å². The van der Waals surface area contributed by atoms with Gasteiger partial charge in [0.1, 0.15) is 5.76 Å². The van der Waals surface area contributed by atoms with E-state index in [-0.39, 0.29) is 11.9 Å². The monoisotopic (exact) mass is 374 g/mol. The Balaban J connectivity index is 1.59. The van der Waals surface area contributed by atoms with Crippen molar-refractivity contribution in [3.05, 3.63) is 59.0 Å². The molecule has 0 spiro atoms. The molecule has 3 rings (SSSR count). The molecule has 1 aliphatic heterocycles. The van der Waals surface area contributed by atoms with Crippen molar-refractivity contribution in [2.24, 2.45) is 5.92 Å². The molecule has 1 aromatic carbocycles. The van der Waals surface area contributed by atoms with E-state index < -0.39 is 0 Å². The van der Waals surface area contributed by atoms with E-state index in [4.69, 9.17) is 16.0 Å². The van der Waals surface area contributed by atoms with E-state index in [0.29, 0.717) is 19.4 Å². The Morgan fingerprint density at radius 2 is 2.00 bits per heavy atom. The van der Waals surface area contributed by atoms with E-state index in [9.17, 15) is 4.79 Å². The maximum Gasteiger partial charge on any atom is 0.220 e. The zero-order valence-electron chi connectivity index (χ0n) is 15.3. The maximum absolute atomic E-state index is 12.3. The predicted molar refractivity (Wildman–Crippen MR) is 104 cm³/mol. The topological polar surface area (TPSA) is 45.5 Å². The number of halogens is 1. The predicted octanol–water partition coefficient (Wildman–Crippen LogP) is 4.46. The number of likely N-dealkylation sites (tertiary alicyclic amines) is 1. The van der Waals surface area contributed by atoms with Gasteiger partial charge in [-0.05, 0) is 61.7 Å². The van der Waals surface area contributed by atoms with Crippen molar-refractivity contribution in [3.63, 3.8) is 0 Å². The lowest BCUT2D eigenvalue weighted by molar-refractivity contribution is -0.121. The van der Waals surface area contributed by atoms with Gasteiger partial charge in [0.25, 0.3) is 0 Å². The quantitative estimate of drug-likeness (QED) is 0.778. The molecule has 26 heavy (non-hydrogen) atoms. The molecule has 1 saturated heterocycles. The third kappa shape index (κ3) is 5.36. The number of benzene rings is 1. The van der Waals surface area contributed by atoms with Crippen LogP contribution in [0.4, 0.5) is 0 Å². The van der Waals surface area contributed by atoms with Crippen LogP contribution >= 0.6 is 11.6 Å². The highest BCUT2D eigenvalue weighted by molar-refractivity contribution is 6.30. The number of hydrogen-bond acceptors (Lipinski definition) is 3. The molecule has 1 aromatic heterocycles. The molecule has 140 valence electrons. The van der Waals surface area contributed by atoms with Crippen LogP contribution in [0.25, 0.3) is 0 Å². The molecule has 1 fully saturated rings. The highest BCUT2D eigenvalue weighted by Crippen LogP contribution is 2.27. The number of piperidine rings is 1. The summed E-state index contributed by atoms with van der Waals surface area (Å²) in [6.45, 7) is 5.06. The second-order valence-electron chi connectivity index (χ2n) is 7.17. The van der Waals surface area contributed by atoms with Crippen LogP contribution in [0.5, 0.6) is 0 Å². The van der Waals surface area contributed by atoms with Crippen LogP contribution in [0, 0.1) is 5.92 Å². The number of rotatable bonds is 7. The summed E-state index contributed by atoms with van der Waals surface area (Å²) in [6.07, 6.45) is 5.12. The molecular formula is C21H27ClN2O2. The van der Waals surface area contributed by atoms with Crippen LogP contribution in [0.1, 0.15) is 43.6 Å². The molecule has 2 aromatic rings. The largest absolute Gasteiger partial charge is 0.469 e. The van der Waals surface area contributed by atoms with Crippen molar-refractivity contribution in [2.45, 2.75) is 38.6 Å². The summed E-state index contributed by atoms with van der Waals surface area (Å²) >= 11 is 6.05. The molecule has 1 unspecified atom stereocenters. The van der Waals surface area contributed by atoms with Crippen molar-refractivity contribution in [1.29, 1.82) is 0 Å². The van der Waals surface area contributed by atoms with E-state index in [1.807, 2.05) is 24.3 Å². The first-order valence-corrected chi connectivity index (χ1v) is 9.78. The zero-order chi connectivity index (χ0) is 18.4. The summed E-state index contributed by atoms with van der Waals surface area (Å²) in [5.41, 5.74) is 1.20. The maximum atomic E-state index is 12.3. The lowest BCUT2D eigenvalue weighted by atomic mass is 9.95. The second kappa shape index (κ2) is 9.24. The van der Waals surface area contributed by atoms with Crippen LogP contribution in [0.2, 0.25) is 5.02 Å². The van der Waals surface area contributed by atoms with Gasteiger partial charge in [-0.15, -0.1) is 0 Å². The lowest BCUT2D eigenvalue weighted by Gasteiger charge is -2.37. The number of nitrogens with one attached hydrogen (secondary N) is 1. The average molecular weight is 375 g/mol. The van der Waals surface area contributed by atoms with Gasteiger partial charge in [0.2, 0.25) is 5.91 Å². The van der Waals surface area contributed by atoms with Crippen LogP contribution in [0.3, 0.4) is 0 Å². The zero-order valence-corrected chi connectivity index (χ0v) is 16.0. The minimum Gasteiger partial charge on any atom is -0.469 e. The summed E-state index contributed by atoms with van der Waals surface area (Å²) < 4.78 is 5.29. The minimum atomic E-state index is 0.0609. The van der Waals surface area contributed by atoms with Crippen molar-refractivity contribution in [3.8, 4) is 0 Å². The Hall–Kier alpha value is -1.78. The van der Waals surface area contributed by atoms with Gasteiger partial charge < -0.3 is 9.73 Å². The summed E-state index contributed by atoms with van der Waals surface area (Å²) in [7, 11) is 0. The third-order valence-corrected chi connectivity index (χ3v) is 5.44. The SMILES string of the molecule is CC1CCN(C(CNC(=O)CCc2ccco2)c2ccc(Cl)cc2)CC1. The van der Waals surface area contributed by atoms with Crippen LogP contribution < -0.4 is 5.32 Å². The van der Waals surface area contributed by atoms with E-state index >= 15 is 0 Å². The Morgan fingerprint density at radius 3 is 2.65 bits per heavy atom. The molecule has 1 atom stereocenters. The van der Waals surface area contributed by atoms with E-state index in [2.05, 4.69) is 29.3 Å². The van der Waals surface area contributed by atoms with Crippen LogP contribution in [-0.4, -0.2) is 30.4 Å². The fourth-order valence-corrected chi connectivity index (χ4v) is 3.60. The van der Waals surface area contributed by atoms with Gasteiger partial charge in [0.05, 0.1) is 12.3 Å². The summed E-state index contributed by atoms with van der Waals surface area (Å²) in [6, 6.07) is 11.9. The first-order chi connectivity index (χ1) is 12.6. The minimum absolute atomic E-state index is 0.0609. The lowest BCUT2D eigenvalue weighted by Crippen LogP contribution is -2.42. The Morgan fingerprint density at radius 1 is 1.27 bits per heavy atom. The first-order valence-electron chi connectivity index (χ1n) is 9.40. The molecule has 4 nitrogen and oxygen atoms in total. The van der Waals surface area contributed by atoms with Gasteiger partial charge in [-0.3, -0.25) is 9.69 Å². The standard InChI is InChI=1S/C21H27ClN2O2/c1-16-10-12-24(13-11-16)20(17-4-6-18(22)7-5-17)15-23-21(25)9-8-19-3-2-14-26-19/h2-7,14,16,20H,8-13,15H2,1H3,(H,23,25). The van der Waals surface area contributed by atoms with Crippen LogP contribution in [0.15, 0.2) is 47.1 Å². The molecule has 2 heterocycles. The molecule has 0 aliphatic carbocycles. The number of amides is 1. The Kier molecular flexibility index (Phi) is 6.75. The summed E-state index contributed by atoms with van der Waals surface area (Å²) in [4.78, 5) is 14.8. The average Bonchev–Trinajstić information content (AvgIpc) is 3.16. The number of carbonyl (C=O) groups excluding carboxylic acids is 1. The van der Waals surface area contributed by atoms with Crippen molar-refractivity contribution in [1.82, 2.24) is 10.2 Å². The number of furan rings is 1. The van der Waals surface area contributed by atoms with Gasteiger partial charge >= 0.3 is 0 Å². The molecule has 0 radical (unpaired) electrons. The van der Waals surface area contributed by atoms with Crippen LogP contribution in [-0.2, 0) is 11.2 Å². The molecule has 0 bridgehead atoms. The fourth-order valence-electron chi connectivity index (χ4n) is 3.47. The third-order valence-electron chi connectivity index (χ3n) is 5.18. The number of carbonyl (C=O) groups is 1. The molecule has 1 aliphatic rings. The van der Waals surface area contributed by atoms with Gasteiger partial charge in [-0.1, -0.05) is 30.7 Å². The highest BCUT2D eigenvalue weighted by atomic mass is 35.5. The van der Waals surface area contributed by atoms with E-state index in [0.717, 1.165) is 29.8 Å². The number of aryl methyl sites for hydroxylation is 1. The van der Waals surface area contributed by atoms with Crippen molar-refractivity contribution in [2.75, 3.05) is 19.6 Å². The fraction of sp³-hybridized carbons (Fsp3) is 0.476. The van der Waals surface area contributed by atoms with Gasteiger partial charge in [0, 0.05) is 24.4 Å². The van der Waals surface area contributed by atoms with Gasteiger partial charge in [-0.2, -0.15) is 0 Å². The van der Waals surface area contributed by atoms with Crippen molar-refractivity contribution < 1.29 is 9.21 Å². The number of hydrogen-bond donors (Lipinski definition) is 1. The summed E-state index contributed by atoms with van der Waals surface area (Å²) in [5.74, 6) is 1.69. The smallest absolute Gasteiger partial charge is 0.220 e. The normalized spacial score (nSPS) is 17.2. The van der Waals surface area contributed by atoms with Gasteiger partial charge in [0.15, 0.2) is 0 Å². The molecule has 1 amide bonds. The van der Waals surface area contributed by atoms with E-state index in [1.54, 1.807) is 6.26 Å². The number of nitrogens with zero attached hydrogens (tertiary/aromatic N) is 1. The molecule has 5 heteroatoms. The summed E-state index contributed by atoms with van der Waals surface area (Å²) in [5, 5.41) is 3.85. The molecule has 0 saturated carbocycles. The second-order valence-corrected chi connectivity index (χ2v) is 7.61. The molecular weight excluding hydrogens is 348 g/mol. The van der Waals surface area contributed by atoms with E-state index in [1.165, 1.54) is 18.4 Å². The first kappa shape index (κ1) is 19.0.